The molecule has 0 heterocycles. The van der Waals surface area contributed by atoms with Gasteiger partial charge in [0.1, 0.15) is 0 Å². The van der Waals surface area contributed by atoms with Crippen LogP contribution in [0.25, 0.3) is 0 Å². The normalized spacial score (nSPS) is 12.9. The topological polar surface area (TPSA) is 9.23 Å². The minimum absolute atomic E-state index is 0.801. The molecule has 0 saturated heterocycles. The van der Waals surface area contributed by atoms with E-state index in [1.165, 1.54) is 64.2 Å². The van der Waals surface area contributed by atoms with Crippen LogP contribution in [0.5, 0.6) is 0 Å². The van der Waals surface area contributed by atoms with E-state index in [0.717, 1.165) is 19.1 Å². The fourth-order valence-electron chi connectivity index (χ4n) is 2.13. The highest BCUT2D eigenvalue weighted by atomic mass is 16.5. The Bertz CT molecular complexity index is 133. The van der Waals surface area contributed by atoms with Gasteiger partial charge in [0.25, 0.3) is 0 Å². The van der Waals surface area contributed by atoms with Gasteiger partial charge in [0.05, 0.1) is 0 Å². The lowest BCUT2D eigenvalue weighted by Gasteiger charge is -2.14. The molecule has 0 aromatic heterocycles. The van der Waals surface area contributed by atoms with Gasteiger partial charge >= 0.3 is 0 Å². The van der Waals surface area contributed by atoms with Crippen LogP contribution >= 0.6 is 0 Å². The molecule has 0 rings (SSSR count). The molecule has 1 atom stereocenters. The van der Waals surface area contributed by atoms with Crippen molar-refractivity contribution < 1.29 is 4.74 Å². The Morgan fingerprint density at radius 2 is 1.41 bits per heavy atom. The summed E-state index contributed by atoms with van der Waals surface area (Å²) in [7, 11) is 0. The molecule has 0 aliphatic heterocycles. The highest BCUT2D eigenvalue weighted by Crippen LogP contribution is 2.13. The molecule has 0 fully saturated rings. The molecular formula is C16H34O. The minimum atomic E-state index is 0.801. The Labute approximate surface area is 109 Å². The first-order valence-corrected chi connectivity index (χ1v) is 7.92. The molecule has 1 heteroatoms. The lowest BCUT2D eigenvalue weighted by Crippen LogP contribution is -2.09. The maximum atomic E-state index is 5.79. The Kier molecular flexibility index (Phi) is 14.0. The van der Waals surface area contributed by atoms with Gasteiger partial charge in [-0.1, -0.05) is 72.1 Å². The zero-order valence-corrected chi connectivity index (χ0v) is 12.5. The van der Waals surface area contributed by atoms with Crippen molar-refractivity contribution in [1.29, 1.82) is 0 Å². The molecule has 0 amide bonds. The second-order valence-corrected chi connectivity index (χ2v) is 5.26. The highest BCUT2D eigenvalue weighted by Gasteiger charge is 2.05. The number of rotatable bonds is 13. The average molecular weight is 242 g/mol. The summed E-state index contributed by atoms with van der Waals surface area (Å²) < 4.78 is 5.79. The molecule has 0 aliphatic carbocycles. The first kappa shape index (κ1) is 17.0. The number of hydrogen-bond donors (Lipinski definition) is 0. The molecule has 0 aromatic rings. The van der Waals surface area contributed by atoms with Crippen LogP contribution in [-0.2, 0) is 4.74 Å². The summed E-state index contributed by atoms with van der Waals surface area (Å²) >= 11 is 0. The van der Waals surface area contributed by atoms with Crippen molar-refractivity contribution in [1.82, 2.24) is 0 Å². The third-order valence-electron chi connectivity index (χ3n) is 3.54. The van der Waals surface area contributed by atoms with Crippen LogP contribution in [0.1, 0.15) is 85.0 Å². The van der Waals surface area contributed by atoms with Gasteiger partial charge in [-0.25, -0.2) is 0 Å². The van der Waals surface area contributed by atoms with Crippen LogP contribution < -0.4 is 0 Å². The Hall–Kier alpha value is -0.0400. The van der Waals surface area contributed by atoms with Gasteiger partial charge in [0.2, 0.25) is 0 Å². The Morgan fingerprint density at radius 1 is 0.765 bits per heavy atom. The Balaban J connectivity index is 3.19. The quantitative estimate of drug-likeness (QED) is 0.383. The molecule has 0 aliphatic rings. The summed E-state index contributed by atoms with van der Waals surface area (Å²) in [6.45, 7) is 8.79. The molecular weight excluding hydrogens is 208 g/mol. The van der Waals surface area contributed by atoms with Crippen molar-refractivity contribution >= 4 is 0 Å². The summed E-state index contributed by atoms with van der Waals surface area (Å²) in [5, 5.41) is 0. The van der Waals surface area contributed by atoms with Crippen molar-refractivity contribution in [2.45, 2.75) is 85.0 Å². The van der Waals surface area contributed by atoms with Gasteiger partial charge in [-0.3, -0.25) is 0 Å². The average Bonchev–Trinajstić information content (AvgIpc) is 2.36. The van der Waals surface area contributed by atoms with Crippen molar-refractivity contribution in [2.24, 2.45) is 5.92 Å². The second-order valence-electron chi connectivity index (χ2n) is 5.26. The van der Waals surface area contributed by atoms with Gasteiger partial charge in [0.15, 0.2) is 0 Å². The monoisotopic (exact) mass is 242 g/mol. The van der Waals surface area contributed by atoms with E-state index < -0.39 is 0 Å². The molecule has 0 N–H and O–H groups in total. The molecule has 0 aromatic carbocycles. The molecule has 0 radical (unpaired) electrons. The second kappa shape index (κ2) is 14.0. The standard InChI is InChI=1S/C16H34O/c1-4-7-9-10-11-12-14-17-15-16(6-3)13-8-5-2/h16H,4-15H2,1-3H3/t16-/m0/s1. The minimum Gasteiger partial charge on any atom is -0.381 e. The van der Waals surface area contributed by atoms with E-state index in [2.05, 4.69) is 20.8 Å². The summed E-state index contributed by atoms with van der Waals surface area (Å²) in [4.78, 5) is 0. The first-order chi connectivity index (χ1) is 8.35. The van der Waals surface area contributed by atoms with Gasteiger partial charge < -0.3 is 4.74 Å². The van der Waals surface area contributed by atoms with Crippen LogP contribution in [0.15, 0.2) is 0 Å². The zero-order chi connectivity index (χ0) is 12.8. The van der Waals surface area contributed by atoms with Gasteiger partial charge in [-0.2, -0.15) is 0 Å². The van der Waals surface area contributed by atoms with E-state index in [1.807, 2.05) is 0 Å². The van der Waals surface area contributed by atoms with E-state index in [0.29, 0.717) is 0 Å². The molecule has 1 nitrogen and oxygen atoms in total. The Morgan fingerprint density at radius 3 is 2.06 bits per heavy atom. The van der Waals surface area contributed by atoms with Crippen molar-refractivity contribution in [3.63, 3.8) is 0 Å². The number of hydrogen-bond acceptors (Lipinski definition) is 1. The maximum absolute atomic E-state index is 5.79. The van der Waals surface area contributed by atoms with Crippen LogP contribution in [0.2, 0.25) is 0 Å². The molecule has 0 bridgehead atoms. The van der Waals surface area contributed by atoms with Crippen molar-refractivity contribution in [2.75, 3.05) is 13.2 Å². The van der Waals surface area contributed by atoms with E-state index >= 15 is 0 Å². The highest BCUT2D eigenvalue weighted by molar-refractivity contribution is 4.56. The van der Waals surface area contributed by atoms with Crippen LogP contribution in [0.3, 0.4) is 0 Å². The predicted octanol–water partition coefficient (Wildman–Crippen LogP) is 5.58. The maximum Gasteiger partial charge on any atom is 0.0494 e. The van der Waals surface area contributed by atoms with Crippen LogP contribution in [0.4, 0.5) is 0 Å². The third kappa shape index (κ3) is 12.2. The van der Waals surface area contributed by atoms with E-state index in [1.54, 1.807) is 0 Å². The fourth-order valence-corrected chi connectivity index (χ4v) is 2.13. The number of ether oxygens (including phenoxy) is 1. The SMILES string of the molecule is CCCCCCCCOC[C@@H](CC)CCCC. The lowest BCUT2D eigenvalue weighted by molar-refractivity contribution is 0.0908. The van der Waals surface area contributed by atoms with Gasteiger partial charge in [0, 0.05) is 13.2 Å². The van der Waals surface area contributed by atoms with Crippen LogP contribution in [-0.4, -0.2) is 13.2 Å². The summed E-state index contributed by atoms with van der Waals surface area (Å²) in [6.07, 6.45) is 13.4. The first-order valence-electron chi connectivity index (χ1n) is 7.92. The third-order valence-corrected chi connectivity index (χ3v) is 3.54. The van der Waals surface area contributed by atoms with E-state index in [9.17, 15) is 0 Å². The van der Waals surface area contributed by atoms with E-state index in [4.69, 9.17) is 4.74 Å². The molecule has 0 spiro atoms. The molecule has 0 saturated carbocycles. The van der Waals surface area contributed by atoms with Crippen molar-refractivity contribution in [3.05, 3.63) is 0 Å². The summed E-state index contributed by atoms with van der Waals surface area (Å²) in [5.74, 6) is 0.801. The predicted molar refractivity (Wildman–Crippen MR) is 77.5 cm³/mol. The largest absolute Gasteiger partial charge is 0.381 e. The smallest absolute Gasteiger partial charge is 0.0494 e. The molecule has 0 unspecified atom stereocenters. The van der Waals surface area contributed by atoms with Crippen LogP contribution in [0, 0.1) is 5.92 Å². The fraction of sp³-hybridized carbons (Fsp3) is 1.00. The summed E-state index contributed by atoms with van der Waals surface area (Å²) in [5.41, 5.74) is 0. The molecule has 17 heavy (non-hydrogen) atoms. The van der Waals surface area contributed by atoms with E-state index in [-0.39, 0.29) is 0 Å². The van der Waals surface area contributed by atoms with Gasteiger partial charge in [-0.05, 0) is 18.8 Å². The zero-order valence-electron chi connectivity index (χ0n) is 12.5. The van der Waals surface area contributed by atoms with Gasteiger partial charge in [-0.15, -0.1) is 0 Å². The molecule has 104 valence electrons. The lowest BCUT2D eigenvalue weighted by atomic mass is 10.0. The number of unbranched alkanes of at least 4 members (excludes halogenated alkanes) is 6. The van der Waals surface area contributed by atoms with Crippen molar-refractivity contribution in [3.8, 4) is 0 Å². The summed E-state index contributed by atoms with van der Waals surface area (Å²) in [6, 6.07) is 0.